The van der Waals surface area contributed by atoms with Gasteiger partial charge in [0.15, 0.2) is 0 Å². The van der Waals surface area contributed by atoms with Gasteiger partial charge in [-0.3, -0.25) is 9.48 Å². The highest BCUT2D eigenvalue weighted by atomic mass is 35.5. The van der Waals surface area contributed by atoms with Crippen LogP contribution in [0.3, 0.4) is 0 Å². The number of carbonyl (C=O) groups excluding carboxylic acids is 1. The SMILES string of the molecule is CN1CCN(c2cc(C(=O)Nc3cc4cc(-c5cnn(C)c5)ccc4cn3)c(Cl)cn2)CC1. The second-order valence-electron chi connectivity index (χ2n) is 8.30. The molecule has 1 aliphatic heterocycles. The Morgan fingerprint density at radius 2 is 1.76 bits per heavy atom. The van der Waals surface area contributed by atoms with Gasteiger partial charge in [0.1, 0.15) is 11.6 Å². The molecule has 8 nitrogen and oxygen atoms in total. The number of anilines is 2. The van der Waals surface area contributed by atoms with Crippen molar-refractivity contribution in [2.75, 3.05) is 43.4 Å². The first-order valence-corrected chi connectivity index (χ1v) is 11.1. The van der Waals surface area contributed by atoms with Crippen molar-refractivity contribution in [3.63, 3.8) is 0 Å². The number of nitrogens with zero attached hydrogens (tertiary/aromatic N) is 6. The van der Waals surface area contributed by atoms with Crippen LogP contribution >= 0.6 is 11.6 Å². The van der Waals surface area contributed by atoms with E-state index < -0.39 is 0 Å². The number of carbonyl (C=O) groups is 1. The summed E-state index contributed by atoms with van der Waals surface area (Å²) in [4.78, 5) is 26.3. The molecule has 3 aromatic heterocycles. The Hall–Kier alpha value is -3.49. The van der Waals surface area contributed by atoms with Crippen LogP contribution in [0.5, 0.6) is 0 Å². The molecule has 1 amide bonds. The van der Waals surface area contributed by atoms with Crippen LogP contribution in [0.25, 0.3) is 21.9 Å². The fourth-order valence-corrected chi connectivity index (χ4v) is 4.14. The zero-order valence-corrected chi connectivity index (χ0v) is 19.3. The summed E-state index contributed by atoms with van der Waals surface area (Å²) in [6, 6.07) is 9.73. The minimum atomic E-state index is -0.312. The zero-order valence-electron chi connectivity index (χ0n) is 18.5. The first-order valence-electron chi connectivity index (χ1n) is 10.8. The van der Waals surface area contributed by atoms with Crippen LogP contribution in [0.1, 0.15) is 10.4 Å². The van der Waals surface area contributed by atoms with E-state index in [4.69, 9.17) is 11.6 Å². The van der Waals surface area contributed by atoms with Crippen molar-refractivity contribution in [3.05, 3.63) is 65.7 Å². The number of rotatable bonds is 4. The highest BCUT2D eigenvalue weighted by Crippen LogP contribution is 2.26. The van der Waals surface area contributed by atoms with Gasteiger partial charge >= 0.3 is 0 Å². The summed E-state index contributed by atoms with van der Waals surface area (Å²) in [5.74, 6) is 0.906. The third-order valence-corrected chi connectivity index (χ3v) is 6.22. The molecule has 4 aromatic rings. The van der Waals surface area contributed by atoms with Crippen molar-refractivity contribution in [1.82, 2.24) is 24.6 Å². The summed E-state index contributed by atoms with van der Waals surface area (Å²) in [7, 11) is 3.99. The maximum atomic E-state index is 13.0. The number of aromatic nitrogens is 4. The molecule has 168 valence electrons. The number of aryl methyl sites for hydroxylation is 1. The number of halogens is 1. The van der Waals surface area contributed by atoms with Crippen molar-refractivity contribution in [1.29, 1.82) is 0 Å². The first-order chi connectivity index (χ1) is 16.0. The quantitative estimate of drug-likeness (QED) is 0.499. The van der Waals surface area contributed by atoms with Crippen LogP contribution in [0.4, 0.5) is 11.6 Å². The number of amides is 1. The monoisotopic (exact) mass is 461 g/mol. The van der Waals surface area contributed by atoms with Gasteiger partial charge < -0.3 is 15.1 Å². The molecule has 9 heteroatoms. The van der Waals surface area contributed by atoms with E-state index in [1.165, 1.54) is 6.20 Å². The molecule has 1 aliphatic rings. The van der Waals surface area contributed by atoms with Crippen LogP contribution < -0.4 is 10.2 Å². The molecule has 1 N–H and O–H groups in total. The topological polar surface area (TPSA) is 79.2 Å². The van der Waals surface area contributed by atoms with Crippen LogP contribution in [0.15, 0.2) is 55.1 Å². The van der Waals surface area contributed by atoms with Crippen LogP contribution in [0.2, 0.25) is 5.02 Å². The summed E-state index contributed by atoms with van der Waals surface area (Å²) >= 11 is 6.33. The van der Waals surface area contributed by atoms with Gasteiger partial charge in [0.25, 0.3) is 5.91 Å². The zero-order chi connectivity index (χ0) is 22.9. The predicted octanol–water partition coefficient (Wildman–Crippen LogP) is 3.69. The van der Waals surface area contributed by atoms with Crippen molar-refractivity contribution in [2.45, 2.75) is 0 Å². The van der Waals surface area contributed by atoms with Crippen molar-refractivity contribution < 1.29 is 4.79 Å². The van der Waals surface area contributed by atoms with Gasteiger partial charge in [-0.1, -0.05) is 23.7 Å². The van der Waals surface area contributed by atoms with Gasteiger partial charge in [-0.25, -0.2) is 9.97 Å². The molecule has 5 rings (SSSR count). The number of benzene rings is 1. The molecule has 0 bridgehead atoms. The largest absolute Gasteiger partial charge is 0.354 e. The molecule has 1 saturated heterocycles. The lowest BCUT2D eigenvalue weighted by Crippen LogP contribution is -2.44. The van der Waals surface area contributed by atoms with Crippen molar-refractivity contribution in [3.8, 4) is 11.1 Å². The molecule has 0 radical (unpaired) electrons. The summed E-state index contributed by atoms with van der Waals surface area (Å²) in [6.07, 6.45) is 7.09. The molecule has 4 heterocycles. The van der Waals surface area contributed by atoms with E-state index in [0.717, 1.165) is 53.9 Å². The Morgan fingerprint density at radius 3 is 2.52 bits per heavy atom. The van der Waals surface area contributed by atoms with Crippen LogP contribution in [0, 0.1) is 0 Å². The van der Waals surface area contributed by atoms with Gasteiger partial charge in [0.05, 0.1) is 16.8 Å². The highest BCUT2D eigenvalue weighted by Gasteiger charge is 2.19. The molecular formula is C24H24ClN7O. The Kier molecular flexibility index (Phi) is 5.70. The summed E-state index contributed by atoms with van der Waals surface area (Å²) < 4.78 is 1.77. The predicted molar refractivity (Wildman–Crippen MR) is 131 cm³/mol. The minimum Gasteiger partial charge on any atom is -0.354 e. The summed E-state index contributed by atoms with van der Waals surface area (Å²) in [6.45, 7) is 3.62. The number of fused-ring (bicyclic) bond motifs is 1. The lowest BCUT2D eigenvalue weighted by molar-refractivity contribution is 0.102. The number of hydrogen-bond donors (Lipinski definition) is 1. The van der Waals surface area contributed by atoms with Gasteiger partial charge in [0, 0.05) is 62.8 Å². The molecule has 0 spiro atoms. The third kappa shape index (κ3) is 4.53. The number of pyridine rings is 2. The average molecular weight is 462 g/mol. The number of piperazine rings is 1. The molecule has 0 unspecified atom stereocenters. The Morgan fingerprint density at radius 1 is 0.939 bits per heavy atom. The Bertz CT molecular complexity index is 1330. The van der Waals surface area contributed by atoms with Crippen molar-refractivity contribution >= 4 is 39.9 Å². The minimum absolute atomic E-state index is 0.310. The molecule has 0 saturated carbocycles. The van der Waals surface area contributed by atoms with Gasteiger partial charge in [-0.2, -0.15) is 5.10 Å². The number of hydrogen-bond acceptors (Lipinski definition) is 6. The molecule has 33 heavy (non-hydrogen) atoms. The molecule has 1 aromatic carbocycles. The fraction of sp³-hybridized carbons (Fsp3) is 0.250. The Balaban J connectivity index is 1.39. The summed E-state index contributed by atoms with van der Waals surface area (Å²) in [5, 5.41) is 9.40. The molecule has 1 fully saturated rings. The van der Waals surface area contributed by atoms with E-state index in [1.54, 1.807) is 16.9 Å². The molecule has 0 atom stereocenters. The fourth-order valence-electron chi connectivity index (χ4n) is 3.95. The second-order valence-corrected chi connectivity index (χ2v) is 8.71. The summed E-state index contributed by atoms with van der Waals surface area (Å²) in [5.41, 5.74) is 2.46. The van der Waals surface area contributed by atoms with Gasteiger partial charge in [-0.05, 0) is 36.2 Å². The van der Waals surface area contributed by atoms with E-state index >= 15 is 0 Å². The van der Waals surface area contributed by atoms with E-state index in [-0.39, 0.29) is 5.91 Å². The van der Waals surface area contributed by atoms with Crippen LogP contribution in [-0.4, -0.2) is 63.8 Å². The van der Waals surface area contributed by atoms with E-state index in [0.29, 0.717) is 16.4 Å². The number of likely N-dealkylation sites (N-methyl/N-ethyl adjacent to an activating group) is 1. The Labute approximate surface area is 196 Å². The van der Waals surface area contributed by atoms with Crippen molar-refractivity contribution in [2.24, 2.45) is 7.05 Å². The highest BCUT2D eigenvalue weighted by molar-refractivity contribution is 6.34. The molecule has 0 aliphatic carbocycles. The van der Waals surface area contributed by atoms with Crippen LogP contribution in [-0.2, 0) is 7.05 Å². The van der Waals surface area contributed by atoms with Gasteiger partial charge in [-0.15, -0.1) is 0 Å². The lowest BCUT2D eigenvalue weighted by atomic mass is 10.1. The maximum absolute atomic E-state index is 13.0. The third-order valence-electron chi connectivity index (χ3n) is 5.91. The molecular weight excluding hydrogens is 438 g/mol. The number of nitrogens with one attached hydrogen (secondary N) is 1. The maximum Gasteiger partial charge on any atom is 0.258 e. The first kappa shape index (κ1) is 21.4. The normalized spacial score (nSPS) is 14.6. The smallest absolute Gasteiger partial charge is 0.258 e. The van der Waals surface area contributed by atoms with E-state index in [9.17, 15) is 4.79 Å². The standard InChI is InChI=1S/C24H24ClN7O/c1-30-5-7-32(8-6-30)23-11-20(21(25)14-27-23)24(33)29-22-10-18-9-16(3-4-17(18)12-26-22)19-13-28-31(2)15-19/h3-4,9-15H,5-8H2,1-2H3,(H,26,29,33). The second kappa shape index (κ2) is 8.80. The van der Waals surface area contributed by atoms with E-state index in [2.05, 4.69) is 43.3 Å². The lowest BCUT2D eigenvalue weighted by Gasteiger charge is -2.33. The van der Waals surface area contributed by atoms with E-state index in [1.807, 2.05) is 37.6 Å². The van der Waals surface area contributed by atoms with Gasteiger partial charge in [0.2, 0.25) is 0 Å². The average Bonchev–Trinajstić information content (AvgIpc) is 3.26.